The molecule has 1 fully saturated rings. The molecule has 1 rings (SSSR count). The third kappa shape index (κ3) is 4.90. The molecule has 0 nitrogen and oxygen atoms in total. The van der Waals surface area contributed by atoms with Gasteiger partial charge in [0.25, 0.3) is 0 Å². The van der Waals surface area contributed by atoms with Gasteiger partial charge in [-0.2, -0.15) is 0 Å². The number of rotatable bonds is 0. The predicted molar refractivity (Wildman–Crippen MR) is 51.3 cm³/mol. The van der Waals surface area contributed by atoms with Gasteiger partial charge in [0.05, 0.1) is 0 Å². The highest BCUT2D eigenvalue weighted by molar-refractivity contribution is 4.73. The molecule has 0 aromatic rings. The second-order valence-corrected chi connectivity index (χ2v) is 3.53. The van der Waals surface area contributed by atoms with Gasteiger partial charge in [0, 0.05) is 0 Å². The lowest BCUT2D eigenvalue weighted by molar-refractivity contribution is 0.277. The van der Waals surface area contributed by atoms with E-state index in [0.717, 1.165) is 11.8 Å². The maximum atomic E-state index is 4.60. The lowest BCUT2D eigenvalue weighted by atomic mass is 9.82. The van der Waals surface area contributed by atoms with Gasteiger partial charge < -0.3 is 0 Å². The van der Waals surface area contributed by atoms with E-state index in [9.17, 15) is 0 Å². The molecule has 0 N–H and O–H groups in total. The van der Waals surface area contributed by atoms with Crippen LogP contribution in [0.3, 0.4) is 0 Å². The van der Waals surface area contributed by atoms with Crippen molar-refractivity contribution < 1.29 is 0 Å². The van der Waals surface area contributed by atoms with Gasteiger partial charge in [-0.3, -0.25) is 0 Å². The lowest BCUT2D eigenvalue weighted by Crippen LogP contribution is -2.12. The van der Waals surface area contributed by atoms with Gasteiger partial charge in [-0.25, -0.2) is 0 Å². The summed E-state index contributed by atoms with van der Waals surface area (Å²) in [6.07, 6.45) is 10.5. The van der Waals surface area contributed by atoms with Gasteiger partial charge in [-0.05, 0) is 18.8 Å². The van der Waals surface area contributed by atoms with Crippen LogP contribution in [0, 0.1) is 24.2 Å². The highest BCUT2D eigenvalue weighted by Gasteiger charge is 2.15. The van der Waals surface area contributed by atoms with Crippen LogP contribution in [-0.4, -0.2) is 0 Å². The second kappa shape index (κ2) is 6.28. The number of hydrogen-bond acceptors (Lipinski definition) is 0. The fraction of sp³-hybridized carbons (Fsp3) is 0.818. The molecular weight excluding hydrogens is 132 g/mol. The van der Waals surface area contributed by atoms with Gasteiger partial charge in [0.15, 0.2) is 0 Å². The molecule has 0 aliphatic heterocycles. The summed E-state index contributed by atoms with van der Waals surface area (Å²) >= 11 is 0. The van der Waals surface area contributed by atoms with Crippen LogP contribution in [0.15, 0.2) is 0 Å². The summed E-state index contributed by atoms with van der Waals surface area (Å²) in [5, 5.41) is 0. The first kappa shape index (κ1) is 10.6. The van der Waals surface area contributed by atoms with Crippen molar-refractivity contribution in [1.82, 2.24) is 0 Å². The van der Waals surface area contributed by atoms with Crippen LogP contribution in [0.1, 0.15) is 46.5 Å². The van der Waals surface area contributed by atoms with Crippen LogP contribution in [0.25, 0.3) is 0 Å². The van der Waals surface area contributed by atoms with E-state index in [0.29, 0.717) is 0 Å². The largest absolute Gasteiger partial charge is 0.120 e. The SMILES string of the molecule is C#CC.C[C@@H]1CCCC[C@H]1C. The van der Waals surface area contributed by atoms with Crippen LogP contribution in [0.5, 0.6) is 0 Å². The number of terminal acetylenes is 1. The molecule has 0 radical (unpaired) electrons. The summed E-state index contributed by atoms with van der Waals surface area (Å²) < 4.78 is 0. The Morgan fingerprint density at radius 3 is 1.55 bits per heavy atom. The Labute approximate surface area is 71.4 Å². The highest BCUT2D eigenvalue weighted by Crippen LogP contribution is 2.28. The summed E-state index contributed by atoms with van der Waals surface area (Å²) in [6, 6.07) is 0. The van der Waals surface area contributed by atoms with E-state index in [-0.39, 0.29) is 0 Å². The minimum Gasteiger partial charge on any atom is -0.120 e. The maximum Gasteiger partial charge on any atom is -0.00297 e. The fourth-order valence-corrected chi connectivity index (χ4v) is 1.50. The zero-order chi connectivity index (χ0) is 8.69. The molecule has 1 saturated carbocycles. The Kier molecular flexibility index (Phi) is 6.03. The standard InChI is InChI=1S/C8H16.C3H4/c1-7-5-3-4-6-8(7)2;1-3-2/h7-8H,3-6H2,1-2H3;1H,2H3/t7-,8-;/m1./s1. The molecule has 2 atom stereocenters. The summed E-state index contributed by atoms with van der Waals surface area (Å²) in [4.78, 5) is 0. The van der Waals surface area contributed by atoms with Gasteiger partial charge in [-0.15, -0.1) is 12.3 Å². The van der Waals surface area contributed by atoms with E-state index >= 15 is 0 Å². The van der Waals surface area contributed by atoms with Gasteiger partial charge >= 0.3 is 0 Å². The Morgan fingerprint density at radius 1 is 1.09 bits per heavy atom. The molecule has 11 heavy (non-hydrogen) atoms. The quantitative estimate of drug-likeness (QED) is 0.466. The smallest absolute Gasteiger partial charge is 0.00297 e. The molecule has 0 unspecified atom stereocenters. The van der Waals surface area contributed by atoms with Crippen LogP contribution in [0.4, 0.5) is 0 Å². The van der Waals surface area contributed by atoms with Gasteiger partial charge in [0.2, 0.25) is 0 Å². The molecule has 64 valence electrons. The highest BCUT2D eigenvalue weighted by atomic mass is 14.2. The van der Waals surface area contributed by atoms with E-state index in [1.54, 1.807) is 6.92 Å². The molecule has 0 saturated heterocycles. The van der Waals surface area contributed by atoms with Crippen LogP contribution in [-0.2, 0) is 0 Å². The van der Waals surface area contributed by atoms with Crippen LogP contribution >= 0.6 is 0 Å². The fourth-order valence-electron chi connectivity index (χ4n) is 1.50. The predicted octanol–water partition coefficient (Wildman–Crippen LogP) is 3.47. The van der Waals surface area contributed by atoms with E-state index < -0.39 is 0 Å². The zero-order valence-corrected chi connectivity index (χ0v) is 8.06. The first-order valence-electron chi connectivity index (χ1n) is 4.59. The van der Waals surface area contributed by atoms with Crippen molar-refractivity contribution in [2.24, 2.45) is 11.8 Å². The average molecular weight is 152 g/mol. The molecule has 0 bridgehead atoms. The Balaban J connectivity index is 0.000000292. The van der Waals surface area contributed by atoms with Crippen molar-refractivity contribution in [3.05, 3.63) is 0 Å². The molecular formula is C11H20. The van der Waals surface area contributed by atoms with Gasteiger partial charge in [-0.1, -0.05) is 39.5 Å². The lowest BCUT2D eigenvalue weighted by Gasteiger charge is -2.24. The van der Waals surface area contributed by atoms with Crippen molar-refractivity contribution >= 4 is 0 Å². The van der Waals surface area contributed by atoms with Crippen molar-refractivity contribution in [3.8, 4) is 12.3 Å². The number of hydrogen-bond donors (Lipinski definition) is 0. The molecule has 0 spiro atoms. The normalized spacial score (nSPS) is 29.6. The van der Waals surface area contributed by atoms with E-state index in [1.807, 2.05) is 0 Å². The molecule has 1 aliphatic carbocycles. The third-order valence-corrected chi connectivity index (χ3v) is 2.54. The topological polar surface area (TPSA) is 0 Å². The summed E-state index contributed by atoms with van der Waals surface area (Å²) in [5.41, 5.74) is 0. The average Bonchev–Trinajstić information content (AvgIpc) is 1.97. The third-order valence-electron chi connectivity index (χ3n) is 2.54. The van der Waals surface area contributed by atoms with Crippen LogP contribution in [0.2, 0.25) is 0 Å². The van der Waals surface area contributed by atoms with E-state index in [4.69, 9.17) is 0 Å². The Morgan fingerprint density at radius 2 is 1.36 bits per heavy atom. The van der Waals surface area contributed by atoms with E-state index in [1.165, 1.54) is 25.7 Å². The van der Waals surface area contributed by atoms with Gasteiger partial charge in [0.1, 0.15) is 0 Å². The van der Waals surface area contributed by atoms with Crippen LogP contribution < -0.4 is 0 Å². The second-order valence-electron chi connectivity index (χ2n) is 3.53. The summed E-state index contributed by atoms with van der Waals surface area (Å²) in [7, 11) is 0. The first-order chi connectivity index (χ1) is 5.22. The minimum absolute atomic E-state index is 1.00. The molecule has 0 aromatic heterocycles. The van der Waals surface area contributed by atoms with Crippen molar-refractivity contribution in [1.29, 1.82) is 0 Å². The molecule has 0 heteroatoms. The Bertz CT molecular complexity index is 108. The van der Waals surface area contributed by atoms with E-state index in [2.05, 4.69) is 26.2 Å². The molecule has 1 aliphatic rings. The zero-order valence-electron chi connectivity index (χ0n) is 8.06. The first-order valence-corrected chi connectivity index (χ1v) is 4.59. The van der Waals surface area contributed by atoms with Crippen molar-refractivity contribution in [2.75, 3.05) is 0 Å². The maximum absolute atomic E-state index is 4.60. The summed E-state index contributed by atoms with van der Waals surface area (Å²) in [5.74, 6) is 4.26. The summed E-state index contributed by atoms with van der Waals surface area (Å²) in [6.45, 7) is 6.41. The Hall–Kier alpha value is -0.440. The minimum atomic E-state index is 1.00. The van der Waals surface area contributed by atoms with Crippen molar-refractivity contribution in [3.63, 3.8) is 0 Å². The monoisotopic (exact) mass is 152 g/mol. The molecule has 0 heterocycles. The van der Waals surface area contributed by atoms with Crippen molar-refractivity contribution in [2.45, 2.75) is 46.5 Å². The molecule has 0 aromatic carbocycles. The molecule has 0 amide bonds.